The molecule has 0 spiro atoms. The first-order valence-corrected chi connectivity index (χ1v) is 0. The topological polar surface area (TPSA) is 35.0 Å². The minimum Gasteiger partial charge on any atom is -1.00 e. The maximum atomic E-state index is 0. The van der Waals surface area contributed by atoms with Gasteiger partial charge in [-0.25, -0.2) is 0 Å². The maximum Gasteiger partial charge on any atom is 1.00 e. The van der Waals surface area contributed by atoms with E-state index in [1.165, 1.54) is 0 Å². The Hall–Kier alpha value is 0.670. The molecule has 0 heterocycles. The molecule has 0 aromatic heterocycles. The largest absolute Gasteiger partial charge is 1.00 e. The molecule has 0 saturated carbocycles. The van der Waals surface area contributed by atoms with Crippen molar-refractivity contribution in [3.63, 3.8) is 0 Å². The van der Waals surface area contributed by atoms with Crippen molar-refractivity contribution >= 4 is 17.4 Å². The molecule has 9 heteroatoms. The van der Waals surface area contributed by atoms with Crippen LogP contribution in [0.15, 0.2) is 0 Å². The van der Waals surface area contributed by atoms with Crippen LogP contribution in [0.5, 0.6) is 0 Å². The number of halogens is 6. The standard InChI is InChI=1S/Al.6FH.Li.H3N.4H/h;6*1H;;1H3;;;;/q;;;;;;;+1;;;;;-1. The molecular weight excluding hydrogens is 162 g/mol. The molecule has 9 heavy (non-hydrogen) atoms. The Balaban J connectivity index is 0. The molecule has 1 nitrogen and oxygen atoms in total. The number of hydrogen-bond acceptors (Lipinski definition) is 1. The second-order valence-corrected chi connectivity index (χ2v) is 0. The van der Waals surface area contributed by atoms with Crippen molar-refractivity contribution in [2.75, 3.05) is 0 Å². The zero-order valence-corrected chi connectivity index (χ0v) is 4.16. The van der Waals surface area contributed by atoms with Crippen molar-refractivity contribution in [3.8, 4) is 0 Å². The molecule has 0 atom stereocenters. The summed E-state index contributed by atoms with van der Waals surface area (Å²) < 4.78 is 0. The van der Waals surface area contributed by atoms with E-state index in [4.69, 9.17) is 0 Å². The zero-order chi connectivity index (χ0) is 0. The van der Waals surface area contributed by atoms with Crippen molar-refractivity contribution in [3.05, 3.63) is 0 Å². The van der Waals surface area contributed by atoms with Crippen LogP contribution in [0, 0.1) is 0 Å². The fourth-order valence-corrected chi connectivity index (χ4v) is 0. The van der Waals surface area contributed by atoms with Crippen LogP contribution in [-0.4, -0.2) is 17.4 Å². The maximum absolute atomic E-state index is 0. The van der Waals surface area contributed by atoms with Gasteiger partial charge in [-0.05, 0) is 0 Å². The van der Waals surface area contributed by atoms with Gasteiger partial charge in [-0.3, -0.25) is 28.2 Å². The summed E-state index contributed by atoms with van der Waals surface area (Å²) in [6.07, 6.45) is 0. The van der Waals surface area contributed by atoms with Gasteiger partial charge >= 0.3 is 18.9 Å². The summed E-state index contributed by atoms with van der Waals surface area (Å²) in [6.45, 7) is 0. The number of hydrogen-bond donors (Lipinski definition) is 1. The Morgan fingerprint density at radius 3 is 0.556 bits per heavy atom. The van der Waals surface area contributed by atoms with E-state index in [1.807, 2.05) is 0 Å². The third-order valence-electron chi connectivity index (χ3n) is 0. The van der Waals surface area contributed by atoms with Crippen molar-refractivity contribution < 1.29 is 48.5 Å². The van der Waals surface area contributed by atoms with Gasteiger partial charge < -0.3 is 7.58 Å². The molecule has 0 aliphatic heterocycles. The third-order valence-corrected chi connectivity index (χ3v) is 0. The molecule has 0 rings (SSSR count). The second kappa shape index (κ2) is 1140. The molecule has 0 saturated heterocycles. The smallest absolute Gasteiger partial charge is 1.00 e. The molecule has 3 N–H and O–H groups in total. The quantitative estimate of drug-likeness (QED) is 0.309. The van der Waals surface area contributed by atoms with Crippen molar-refractivity contribution in [1.82, 2.24) is 6.15 Å². The normalized spacial score (nSPS) is 0. The Labute approximate surface area is 72.5 Å². The predicted molar refractivity (Wildman–Crippen MR) is 31.1 cm³/mol. The second-order valence-electron chi connectivity index (χ2n) is 0. The van der Waals surface area contributed by atoms with Gasteiger partial charge in [-0.1, -0.05) is 0 Å². The average Bonchev–Trinajstić information content (AvgIpc) is 0. The molecule has 0 aliphatic carbocycles. The van der Waals surface area contributed by atoms with Gasteiger partial charge in [0.2, 0.25) is 0 Å². The van der Waals surface area contributed by atoms with Crippen LogP contribution in [0.4, 0.5) is 28.2 Å². The van der Waals surface area contributed by atoms with E-state index in [1.54, 1.807) is 0 Å². The van der Waals surface area contributed by atoms with Crippen LogP contribution < -0.4 is 25.0 Å². The number of rotatable bonds is 0. The summed E-state index contributed by atoms with van der Waals surface area (Å²) in [5.74, 6) is 0. The van der Waals surface area contributed by atoms with Crippen LogP contribution in [0.2, 0.25) is 0 Å². The average molecular weight is 175 g/mol. The molecule has 0 aliphatic rings. The zero-order valence-electron chi connectivity index (χ0n) is 5.16. The molecule has 0 fully saturated rings. The molecule has 0 radical (unpaired) electrons. The van der Waals surface area contributed by atoms with Gasteiger partial charge in [-0.2, -0.15) is 0 Å². The van der Waals surface area contributed by atoms with E-state index in [9.17, 15) is 0 Å². The van der Waals surface area contributed by atoms with E-state index < -0.39 is 0 Å². The fraction of sp³-hybridized carbons (Fsp3) is 0. The first-order chi connectivity index (χ1) is 0. The van der Waals surface area contributed by atoms with E-state index >= 15 is 0 Å². The van der Waals surface area contributed by atoms with Crippen LogP contribution in [-0.2, 0) is 0 Å². The summed E-state index contributed by atoms with van der Waals surface area (Å²) in [5.41, 5.74) is 0. The van der Waals surface area contributed by atoms with Crippen LogP contribution in [0.1, 0.15) is 1.43 Å². The summed E-state index contributed by atoms with van der Waals surface area (Å²) >= 11 is 0. The molecule has 0 amide bonds. The summed E-state index contributed by atoms with van der Waals surface area (Å²) in [6, 6.07) is 0. The molecule has 64 valence electrons. The first kappa shape index (κ1) is 1620. The van der Waals surface area contributed by atoms with Crippen LogP contribution in [0.3, 0.4) is 0 Å². The van der Waals surface area contributed by atoms with Gasteiger partial charge in [0.1, 0.15) is 0 Å². The summed E-state index contributed by atoms with van der Waals surface area (Å²) in [4.78, 5) is 0. The summed E-state index contributed by atoms with van der Waals surface area (Å²) in [5, 5.41) is 0. The summed E-state index contributed by atoms with van der Waals surface area (Å²) in [7, 11) is 0. The van der Waals surface area contributed by atoms with Crippen LogP contribution >= 0.6 is 0 Å². The Kier molecular flexibility index (Phi) is 205000. The fourth-order valence-electron chi connectivity index (χ4n) is 0. The first-order valence-electron chi connectivity index (χ1n) is 0. The van der Waals surface area contributed by atoms with E-state index in [0.717, 1.165) is 0 Å². The van der Waals surface area contributed by atoms with E-state index in [0.29, 0.717) is 0 Å². The molecule has 0 aromatic rings. The van der Waals surface area contributed by atoms with Gasteiger partial charge in [0.25, 0.3) is 0 Å². The minimum atomic E-state index is 0. The van der Waals surface area contributed by atoms with Crippen molar-refractivity contribution in [2.45, 2.75) is 0 Å². The minimum absolute atomic E-state index is 0. The van der Waals surface area contributed by atoms with E-state index in [2.05, 4.69) is 0 Å². The Bertz CT molecular complexity index is 17.7. The van der Waals surface area contributed by atoms with Crippen molar-refractivity contribution in [1.29, 1.82) is 0 Å². The third kappa shape index (κ3) is 860. The molecular formula is H13AlF6LiN. The Morgan fingerprint density at radius 1 is 0.556 bits per heavy atom. The predicted octanol–water partition coefficient (Wildman–Crippen LogP) is -2.99. The molecule has 0 bridgehead atoms. The SMILES string of the molecule is F.F.F.F.F.F.N.[AlH3].[H-].[Li+]. The van der Waals surface area contributed by atoms with E-state index in [-0.39, 0.29) is 72.0 Å². The van der Waals surface area contributed by atoms with Gasteiger partial charge in [0.05, 0.1) is 0 Å². The van der Waals surface area contributed by atoms with Crippen molar-refractivity contribution in [2.24, 2.45) is 0 Å². The van der Waals surface area contributed by atoms with Gasteiger partial charge in [0, 0.05) is 0 Å². The van der Waals surface area contributed by atoms with Gasteiger partial charge in [0.15, 0.2) is 17.4 Å². The van der Waals surface area contributed by atoms with Gasteiger partial charge in [-0.15, -0.1) is 0 Å². The monoisotopic (exact) mass is 175 g/mol. The van der Waals surface area contributed by atoms with Crippen LogP contribution in [0.25, 0.3) is 0 Å². The molecule has 0 aromatic carbocycles. The molecule has 0 unspecified atom stereocenters. The Morgan fingerprint density at radius 2 is 0.556 bits per heavy atom.